The van der Waals surface area contributed by atoms with Crippen molar-refractivity contribution in [1.29, 1.82) is 0 Å². The monoisotopic (exact) mass is 344 g/mol. The standard InChI is InChI=1S/C14H17ClN4O2.ClH/c1-8(9(2)16)14(20)17-7-12-18-13(19-21-12)10-4-3-5-11(15)6-10;/h3-6,8-9H,7,16H2,1-2H3,(H,17,20);1H. The van der Waals surface area contributed by atoms with Crippen molar-refractivity contribution in [2.75, 3.05) is 0 Å². The molecule has 8 heteroatoms. The van der Waals surface area contributed by atoms with Gasteiger partial charge in [-0.05, 0) is 19.1 Å². The fourth-order valence-electron chi connectivity index (χ4n) is 1.63. The molecule has 22 heavy (non-hydrogen) atoms. The number of benzene rings is 1. The number of hydrogen-bond acceptors (Lipinski definition) is 5. The summed E-state index contributed by atoms with van der Waals surface area (Å²) in [5.74, 6) is 0.338. The van der Waals surface area contributed by atoms with Gasteiger partial charge in [-0.3, -0.25) is 4.79 Å². The molecule has 0 aliphatic carbocycles. The Bertz CT molecular complexity index is 631. The molecule has 2 aromatic rings. The SMILES string of the molecule is CC(N)C(C)C(=O)NCc1nc(-c2cccc(Cl)c2)no1.Cl. The van der Waals surface area contributed by atoms with Crippen molar-refractivity contribution in [3.63, 3.8) is 0 Å². The molecule has 1 aromatic heterocycles. The second-order valence-corrected chi connectivity index (χ2v) is 5.32. The van der Waals surface area contributed by atoms with Crippen LogP contribution in [0.15, 0.2) is 28.8 Å². The Hall–Kier alpha value is -1.63. The molecule has 2 unspecified atom stereocenters. The van der Waals surface area contributed by atoms with E-state index in [1.807, 2.05) is 6.07 Å². The predicted molar refractivity (Wildman–Crippen MR) is 86.7 cm³/mol. The van der Waals surface area contributed by atoms with Crippen molar-refractivity contribution in [2.24, 2.45) is 11.7 Å². The summed E-state index contributed by atoms with van der Waals surface area (Å²) in [6.45, 7) is 3.73. The van der Waals surface area contributed by atoms with Crippen molar-refractivity contribution < 1.29 is 9.32 Å². The molecule has 0 aliphatic rings. The molecule has 0 bridgehead atoms. The zero-order chi connectivity index (χ0) is 15.4. The molecular weight excluding hydrogens is 327 g/mol. The summed E-state index contributed by atoms with van der Waals surface area (Å²) in [4.78, 5) is 16.0. The first-order chi connectivity index (χ1) is 9.97. The molecule has 120 valence electrons. The maximum atomic E-state index is 11.8. The van der Waals surface area contributed by atoms with E-state index in [4.69, 9.17) is 21.9 Å². The summed E-state index contributed by atoms with van der Waals surface area (Å²) in [5, 5.41) is 7.17. The molecular formula is C14H18Cl2N4O2. The Kier molecular flexibility index (Phi) is 6.80. The lowest BCUT2D eigenvalue weighted by molar-refractivity contribution is -0.125. The van der Waals surface area contributed by atoms with E-state index in [2.05, 4.69) is 15.5 Å². The van der Waals surface area contributed by atoms with Crippen LogP contribution in [0.3, 0.4) is 0 Å². The van der Waals surface area contributed by atoms with Crippen molar-refractivity contribution in [3.8, 4) is 11.4 Å². The van der Waals surface area contributed by atoms with Crippen LogP contribution in [-0.2, 0) is 11.3 Å². The second-order valence-electron chi connectivity index (χ2n) is 4.89. The smallest absolute Gasteiger partial charge is 0.246 e. The fraction of sp³-hybridized carbons (Fsp3) is 0.357. The molecule has 1 aromatic carbocycles. The highest BCUT2D eigenvalue weighted by Gasteiger charge is 2.17. The van der Waals surface area contributed by atoms with Crippen LogP contribution in [0.25, 0.3) is 11.4 Å². The van der Waals surface area contributed by atoms with Crippen LogP contribution < -0.4 is 11.1 Å². The Morgan fingerprint density at radius 3 is 2.82 bits per heavy atom. The van der Waals surface area contributed by atoms with E-state index in [9.17, 15) is 4.79 Å². The molecule has 6 nitrogen and oxygen atoms in total. The zero-order valence-electron chi connectivity index (χ0n) is 12.2. The number of aromatic nitrogens is 2. The highest BCUT2D eigenvalue weighted by atomic mass is 35.5. The number of nitrogens with two attached hydrogens (primary N) is 1. The van der Waals surface area contributed by atoms with Crippen LogP contribution in [0.2, 0.25) is 5.02 Å². The third-order valence-electron chi connectivity index (χ3n) is 3.17. The third-order valence-corrected chi connectivity index (χ3v) is 3.40. The number of halogens is 2. The van der Waals surface area contributed by atoms with E-state index in [0.29, 0.717) is 16.7 Å². The average molecular weight is 345 g/mol. The van der Waals surface area contributed by atoms with Gasteiger partial charge in [-0.15, -0.1) is 12.4 Å². The van der Waals surface area contributed by atoms with Crippen LogP contribution in [0.5, 0.6) is 0 Å². The van der Waals surface area contributed by atoms with Crippen LogP contribution in [-0.4, -0.2) is 22.1 Å². The molecule has 0 radical (unpaired) electrons. The number of nitrogens with zero attached hydrogens (tertiary/aromatic N) is 2. The first-order valence-corrected chi connectivity index (χ1v) is 6.97. The molecule has 2 atom stereocenters. The van der Waals surface area contributed by atoms with E-state index < -0.39 is 0 Å². The third kappa shape index (κ3) is 4.69. The van der Waals surface area contributed by atoms with Gasteiger partial charge in [0.15, 0.2) is 0 Å². The largest absolute Gasteiger partial charge is 0.347 e. The van der Waals surface area contributed by atoms with E-state index in [-0.39, 0.29) is 36.8 Å². The Labute approximate surface area is 139 Å². The number of carbonyl (C=O) groups excluding carboxylic acids is 1. The van der Waals surface area contributed by atoms with Gasteiger partial charge in [0.2, 0.25) is 17.6 Å². The lowest BCUT2D eigenvalue weighted by Gasteiger charge is -2.14. The van der Waals surface area contributed by atoms with Gasteiger partial charge in [0, 0.05) is 22.5 Å². The van der Waals surface area contributed by atoms with Gasteiger partial charge in [-0.1, -0.05) is 35.8 Å². The minimum atomic E-state index is -0.277. The summed E-state index contributed by atoms with van der Waals surface area (Å²) < 4.78 is 5.10. The quantitative estimate of drug-likeness (QED) is 0.868. The minimum Gasteiger partial charge on any atom is -0.347 e. The fourth-order valence-corrected chi connectivity index (χ4v) is 1.82. The van der Waals surface area contributed by atoms with Crippen molar-refractivity contribution in [2.45, 2.75) is 26.4 Å². The van der Waals surface area contributed by atoms with Gasteiger partial charge >= 0.3 is 0 Å². The van der Waals surface area contributed by atoms with Crippen LogP contribution in [0, 0.1) is 5.92 Å². The number of rotatable bonds is 5. The van der Waals surface area contributed by atoms with Crippen LogP contribution in [0.4, 0.5) is 0 Å². The highest BCUT2D eigenvalue weighted by molar-refractivity contribution is 6.30. The van der Waals surface area contributed by atoms with Crippen molar-refractivity contribution in [1.82, 2.24) is 15.5 Å². The molecule has 0 saturated heterocycles. The topological polar surface area (TPSA) is 94.0 Å². The Morgan fingerprint density at radius 1 is 1.45 bits per heavy atom. The maximum Gasteiger partial charge on any atom is 0.246 e. The minimum absolute atomic E-state index is 0. The zero-order valence-corrected chi connectivity index (χ0v) is 13.8. The normalized spacial score (nSPS) is 13.1. The van der Waals surface area contributed by atoms with Gasteiger partial charge in [-0.25, -0.2) is 0 Å². The molecule has 0 spiro atoms. The van der Waals surface area contributed by atoms with Gasteiger partial charge in [-0.2, -0.15) is 4.98 Å². The van der Waals surface area contributed by atoms with Crippen LogP contribution >= 0.6 is 24.0 Å². The van der Waals surface area contributed by atoms with Crippen molar-refractivity contribution in [3.05, 3.63) is 35.2 Å². The molecule has 3 N–H and O–H groups in total. The Morgan fingerprint density at radius 2 is 2.18 bits per heavy atom. The second kappa shape index (κ2) is 8.12. The highest BCUT2D eigenvalue weighted by Crippen LogP contribution is 2.19. The van der Waals surface area contributed by atoms with Crippen LogP contribution in [0.1, 0.15) is 19.7 Å². The maximum absolute atomic E-state index is 11.8. The van der Waals surface area contributed by atoms with Gasteiger partial charge < -0.3 is 15.6 Å². The number of hydrogen-bond donors (Lipinski definition) is 2. The molecule has 2 rings (SSSR count). The number of nitrogens with one attached hydrogen (secondary N) is 1. The summed E-state index contributed by atoms with van der Waals surface area (Å²) in [5.41, 5.74) is 6.43. The number of carbonyl (C=O) groups is 1. The number of amides is 1. The van der Waals surface area contributed by atoms with E-state index in [1.165, 1.54) is 0 Å². The average Bonchev–Trinajstić information content (AvgIpc) is 2.92. The molecule has 0 fully saturated rings. The molecule has 1 heterocycles. The molecule has 1 amide bonds. The first-order valence-electron chi connectivity index (χ1n) is 6.59. The lowest BCUT2D eigenvalue weighted by atomic mass is 10.0. The van der Waals surface area contributed by atoms with E-state index in [1.54, 1.807) is 32.0 Å². The molecule has 0 aliphatic heterocycles. The van der Waals surface area contributed by atoms with E-state index in [0.717, 1.165) is 5.56 Å². The lowest BCUT2D eigenvalue weighted by Crippen LogP contribution is -2.38. The summed E-state index contributed by atoms with van der Waals surface area (Å²) in [6.07, 6.45) is 0. The first kappa shape index (κ1) is 18.4. The van der Waals surface area contributed by atoms with Gasteiger partial charge in [0.25, 0.3) is 0 Å². The molecule has 0 saturated carbocycles. The van der Waals surface area contributed by atoms with E-state index >= 15 is 0 Å². The van der Waals surface area contributed by atoms with Crippen molar-refractivity contribution >= 4 is 29.9 Å². The summed E-state index contributed by atoms with van der Waals surface area (Å²) >= 11 is 5.91. The van der Waals surface area contributed by atoms with Gasteiger partial charge in [0.05, 0.1) is 6.54 Å². The predicted octanol–water partition coefficient (Wildman–Crippen LogP) is 2.41. The van der Waals surface area contributed by atoms with Gasteiger partial charge in [0.1, 0.15) is 0 Å². The summed E-state index contributed by atoms with van der Waals surface area (Å²) in [7, 11) is 0. The Balaban J connectivity index is 0.00000242. The summed E-state index contributed by atoms with van der Waals surface area (Å²) in [6, 6.07) is 6.93.